The van der Waals surface area contributed by atoms with Gasteiger partial charge in [-0.3, -0.25) is 0 Å². The number of rotatable bonds is 5. The van der Waals surface area contributed by atoms with Crippen LogP contribution < -0.4 is 4.74 Å². The lowest BCUT2D eigenvalue weighted by atomic mass is 10.2. The van der Waals surface area contributed by atoms with Crippen LogP contribution in [0.4, 0.5) is 0 Å². The van der Waals surface area contributed by atoms with Crippen LogP contribution in [0.3, 0.4) is 0 Å². The van der Waals surface area contributed by atoms with Crippen molar-refractivity contribution < 1.29 is 9.84 Å². The Labute approximate surface area is 111 Å². The van der Waals surface area contributed by atoms with Crippen LogP contribution in [-0.4, -0.2) is 34.1 Å². The minimum absolute atomic E-state index is 0.162. The molecule has 1 heterocycles. The molecule has 2 rings (SSSR count). The van der Waals surface area contributed by atoms with E-state index in [2.05, 4.69) is 4.98 Å². The minimum atomic E-state index is 0.162. The normalized spacial score (nSPS) is 10.6. The Balaban J connectivity index is 2.21. The molecule has 0 atom stereocenters. The molecule has 5 heteroatoms. The highest BCUT2D eigenvalue weighted by Gasteiger charge is 2.07. The lowest BCUT2D eigenvalue weighted by Crippen LogP contribution is -1.92. The fourth-order valence-electron chi connectivity index (χ4n) is 1.62. The van der Waals surface area contributed by atoms with E-state index in [1.807, 2.05) is 42.1 Å². The van der Waals surface area contributed by atoms with Crippen molar-refractivity contribution >= 4 is 11.8 Å². The number of aromatic nitrogens is 2. The molecular weight excluding hydrogens is 248 g/mol. The molecule has 0 fully saturated rings. The van der Waals surface area contributed by atoms with Gasteiger partial charge >= 0.3 is 0 Å². The summed E-state index contributed by atoms with van der Waals surface area (Å²) in [5.41, 5.74) is 1.99. The van der Waals surface area contributed by atoms with Gasteiger partial charge in [-0.2, -0.15) is 0 Å². The summed E-state index contributed by atoms with van der Waals surface area (Å²) >= 11 is 1.55. The fraction of sp³-hybridized carbons (Fsp3) is 0.308. The monoisotopic (exact) mass is 264 g/mol. The minimum Gasteiger partial charge on any atom is -0.497 e. The molecule has 0 unspecified atom stereocenters. The highest BCUT2D eigenvalue weighted by atomic mass is 32.2. The van der Waals surface area contributed by atoms with Crippen molar-refractivity contribution in [3.63, 3.8) is 0 Å². The van der Waals surface area contributed by atoms with Crippen molar-refractivity contribution in [2.45, 2.75) is 5.16 Å². The second-order valence-electron chi connectivity index (χ2n) is 3.82. The highest BCUT2D eigenvalue weighted by Crippen LogP contribution is 2.24. The van der Waals surface area contributed by atoms with E-state index in [0.29, 0.717) is 5.75 Å². The average Bonchev–Trinajstić information content (AvgIpc) is 2.78. The van der Waals surface area contributed by atoms with Crippen molar-refractivity contribution in [1.29, 1.82) is 0 Å². The third kappa shape index (κ3) is 2.86. The lowest BCUT2D eigenvalue weighted by molar-refractivity contribution is 0.322. The summed E-state index contributed by atoms with van der Waals surface area (Å²) < 4.78 is 7.10. The molecule has 0 aliphatic rings. The van der Waals surface area contributed by atoms with Crippen LogP contribution in [0.15, 0.2) is 35.6 Å². The molecule has 18 heavy (non-hydrogen) atoms. The quantitative estimate of drug-likeness (QED) is 0.841. The molecule has 0 amide bonds. The van der Waals surface area contributed by atoms with E-state index >= 15 is 0 Å². The van der Waals surface area contributed by atoms with Crippen LogP contribution in [0, 0.1) is 0 Å². The number of methoxy groups -OCH3 is 1. The molecule has 96 valence electrons. The number of aliphatic hydroxyl groups excluding tert-OH is 1. The van der Waals surface area contributed by atoms with Gasteiger partial charge in [0.2, 0.25) is 0 Å². The van der Waals surface area contributed by atoms with Gasteiger partial charge in [0.15, 0.2) is 5.16 Å². The van der Waals surface area contributed by atoms with Crippen LogP contribution in [0.5, 0.6) is 5.75 Å². The fourth-order valence-corrected chi connectivity index (χ4v) is 2.31. The third-order valence-electron chi connectivity index (χ3n) is 2.54. The standard InChI is InChI=1S/C13H16N2O2S/c1-15-9-12(14-13(15)18-8-7-16)10-3-5-11(17-2)6-4-10/h3-6,9,16H,7-8H2,1-2H3. The van der Waals surface area contributed by atoms with Crippen LogP contribution >= 0.6 is 11.8 Å². The second-order valence-corrected chi connectivity index (χ2v) is 4.88. The number of hydrogen-bond donors (Lipinski definition) is 1. The molecule has 0 aliphatic carbocycles. The highest BCUT2D eigenvalue weighted by molar-refractivity contribution is 7.99. The Hall–Kier alpha value is -1.46. The van der Waals surface area contributed by atoms with Crippen LogP contribution in [0.2, 0.25) is 0 Å². The molecule has 1 aromatic carbocycles. The summed E-state index contributed by atoms with van der Waals surface area (Å²) in [6, 6.07) is 7.82. The summed E-state index contributed by atoms with van der Waals surface area (Å²) in [6.45, 7) is 0.162. The maximum absolute atomic E-state index is 8.83. The van der Waals surface area contributed by atoms with Crippen molar-refractivity contribution in [2.24, 2.45) is 7.05 Å². The Morgan fingerprint density at radius 1 is 1.33 bits per heavy atom. The first-order valence-electron chi connectivity index (χ1n) is 5.66. The molecule has 0 spiro atoms. The number of nitrogens with zero attached hydrogens (tertiary/aromatic N) is 2. The van der Waals surface area contributed by atoms with Gasteiger partial charge in [-0.15, -0.1) is 0 Å². The first-order valence-corrected chi connectivity index (χ1v) is 6.64. The van der Waals surface area contributed by atoms with Gasteiger partial charge in [0, 0.05) is 24.6 Å². The van der Waals surface area contributed by atoms with Gasteiger partial charge in [-0.05, 0) is 24.3 Å². The van der Waals surface area contributed by atoms with Crippen LogP contribution in [0.1, 0.15) is 0 Å². The summed E-state index contributed by atoms with van der Waals surface area (Å²) in [7, 11) is 3.61. The number of thioether (sulfide) groups is 1. The molecule has 2 aromatic rings. The number of imidazole rings is 1. The first-order chi connectivity index (χ1) is 8.74. The SMILES string of the molecule is COc1ccc(-c2cn(C)c(SCCO)n2)cc1. The molecule has 0 saturated carbocycles. The van der Waals surface area contributed by atoms with Gasteiger partial charge in [0.1, 0.15) is 5.75 Å². The van der Waals surface area contributed by atoms with Crippen LogP contribution in [-0.2, 0) is 7.05 Å². The summed E-state index contributed by atoms with van der Waals surface area (Å²) in [6.07, 6.45) is 1.99. The van der Waals surface area contributed by atoms with Gasteiger partial charge in [0.25, 0.3) is 0 Å². The Morgan fingerprint density at radius 2 is 2.06 bits per heavy atom. The average molecular weight is 264 g/mol. The van der Waals surface area contributed by atoms with E-state index in [-0.39, 0.29) is 6.61 Å². The number of ether oxygens (including phenoxy) is 1. The van der Waals surface area contributed by atoms with Crippen molar-refractivity contribution in [2.75, 3.05) is 19.5 Å². The number of hydrogen-bond acceptors (Lipinski definition) is 4. The maximum Gasteiger partial charge on any atom is 0.168 e. The molecule has 4 nitrogen and oxygen atoms in total. The zero-order valence-electron chi connectivity index (χ0n) is 10.5. The zero-order valence-corrected chi connectivity index (χ0v) is 11.3. The van der Waals surface area contributed by atoms with Crippen molar-refractivity contribution in [3.8, 4) is 17.0 Å². The smallest absolute Gasteiger partial charge is 0.168 e. The topological polar surface area (TPSA) is 47.3 Å². The summed E-state index contributed by atoms with van der Waals surface area (Å²) in [5, 5.41) is 9.74. The van der Waals surface area contributed by atoms with E-state index < -0.39 is 0 Å². The predicted molar refractivity (Wildman–Crippen MR) is 73.0 cm³/mol. The molecule has 0 saturated heterocycles. The van der Waals surface area contributed by atoms with Crippen LogP contribution in [0.25, 0.3) is 11.3 Å². The number of aliphatic hydroxyl groups is 1. The Kier molecular flexibility index (Phi) is 4.28. The predicted octanol–water partition coefficient (Wildman–Crippen LogP) is 2.18. The molecule has 1 N–H and O–H groups in total. The van der Waals surface area contributed by atoms with Crippen molar-refractivity contribution in [3.05, 3.63) is 30.5 Å². The van der Waals surface area contributed by atoms with Gasteiger partial charge in [0.05, 0.1) is 19.4 Å². The van der Waals surface area contributed by atoms with E-state index in [0.717, 1.165) is 22.2 Å². The van der Waals surface area contributed by atoms with E-state index in [9.17, 15) is 0 Å². The van der Waals surface area contributed by atoms with E-state index in [1.54, 1.807) is 18.9 Å². The van der Waals surface area contributed by atoms with E-state index in [4.69, 9.17) is 9.84 Å². The van der Waals surface area contributed by atoms with Gasteiger partial charge in [-0.25, -0.2) is 4.98 Å². The van der Waals surface area contributed by atoms with Gasteiger partial charge < -0.3 is 14.4 Å². The third-order valence-corrected chi connectivity index (χ3v) is 3.57. The molecule has 0 radical (unpaired) electrons. The second kappa shape index (κ2) is 5.93. The largest absolute Gasteiger partial charge is 0.497 e. The molecular formula is C13H16N2O2S. The lowest BCUT2D eigenvalue weighted by Gasteiger charge is -2.00. The van der Waals surface area contributed by atoms with Gasteiger partial charge in [-0.1, -0.05) is 11.8 Å². The summed E-state index contributed by atoms with van der Waals surface area (Å²) in [4.78, 5) is 4.55. The number of aryl methyl sites for hydroxylation is 1. The Bertz CT molecular complexity index is 508. The molecule has 0 aliphatic heterocycles. The van der Waals surface area contributed by atoms with E-state index in [1.165, 1.54) is 0 Å². The number of benzene rings is 1. The first kappa shape index (κ1) is 13.0. The molecule has 0 bridgehead atoms. The maximum atomic E-state index is 8.83. The van der Waals surface area contributed by atoms with Crippen molar-refractivity contribution in [1.82, 2.24) is 9.55 Å². The molecule has 1 aromatic heterocycles. The zero-order chi connectivity index (χ0) is 13.0. The summed E-state index contributed by atoms with van der Waals surface area (Å²) in [5.74, 6) is 1.50. The Morgan fingerprint density at radius 3 is 2.67 bits per heavy atom.